The van der Waals surface area contributed by atoms with Crippen LogP contribution in [0.3, 0.4) is 0 Å². The summed E-state index contributed by atoms with van der Waals surface area (Å²) in [7, 11) is -3.77. The minimum absolute atomic E-state index is 0.0303. The molecule has 0 saturated heterocycles. The fraction of sp³-hybridized carbons (Fsp3) is 0.111. The van der Waals surface area contributed by atoms with Gasteiger partial charge in [-0.15, -0.1) is 10.2 Å². The topological polar surface area (TPSA) is 98.0 Å². The van der Waals surface area contributed by atoms with E-state index in [1.54, 1.807) is 6.92 Å². The van der Waals surface area contributed by atoms with Gasteiger partial charge >= 0.3 is 0 Å². The summed E-state index contributed by atoms with van der Waals surface area (Å²) in [6, 6.07) is 2.84. The molecule has 0 unspecified atom stereocenters. The van der Waals surface area contributed by atoms with Crippen LogP contribution in [-0.4, -0.2) is 18.6 Å². The van der Waals surface area contributed by atoms with E-state index in [-0.39, 0.29) is 15.0 Å². The smallest absolute Gasteiger partial charge is 0.264 e. The van der Waals surface area contributed by atoms with E-state index in [1.165, 1.54) is 17.6 Å². The summed E-state index contributed by atoms with van der Waals surface area (Å²) in [5, 5.41) is 7.61. The number of nitrogens with two attached hydrogens (primary N) is 1. The van der Waals surface area contributed by atoms with Gasteiger partial charge in [0.15, 0.2) is 0 Å². The van der Waals surface area contributed by atoms with Gasteiger partial charge in [0.2, 0.25) is 5.13 Å². The van der Waals surface area contributed by atoms with Crippen molar-refractivity contribution >= 4 is 43.8 Å². The molecule has 0 aliphatic rings. The highest BCUT2D eigenvalue weighted by Gasteiger charge is 2.20. The Morgan fingerprint density at radius 1 is 1.44 bits per heavy atom. The maximum absolute atomic E-state index is 12.1. The Balaban J connectivity index is 2.48. The van der Waals surface area contributed by atoms with E-state index < -0.39 is 10.0 Å². The zero-order chi connectivity index (χ0) is 13.3. The number of hydrogen-bond acceptors (Lipinski definition) is 6. The van der Waals surface area contributed by atoms with Gasteiger partial charge in [-0.3, -0.25) is 4.72 Å². The van der Waals surface area contributed by atoms with Gasteiger partial charge in [-0.1, -0.05) is 22.9 Å². The van der Waals surface area contributed by atoms with Crippen molar-refractivity contribution in [1.29, 1.82) is 0 Å². The minimum Gasteiger partial charge on any atom is -0.398 e. The Bertz CT molecular complexity index is 670. The second-order valence-corrected chi connectivity index (χ2v) is 6.39. The number of anilines is 2. The third-order valence-corrected chi connectivity index (χ3v) is 4.66. The predicted octanol–water partition coefficient (Wildman–Crippen LogP) is 1.88. The maximum Gasteiger partial charge on any atom is 0.264 e. The van der Waals surface area contributed by atoms with E-state index in [2.05, 4.69) is 14.9 Å². The second-order valence-electron chi connectivity index (χ2n) is 3.47. The molecule has 0 aliphatic carbocycles. The largest absolute Gasteiger partial charge is 0.398 e. The lowest BCUT2D eigenvalue weighted by molar-refractivity contribution is 0.600. The fourth-order valence-electron chi connectivity index (χ4n) is 1.34. The molecule has 6 nitrogen and oxygen atoms in total. The lowest BCUT2D eigenvalue weighted by atomic mass is 10.2. The van der Waals surface area contributed by atoms with Crippen molar-refractivity contribution in [2.75, 3.05) is 10.5 Å². The summed E-state index contributed by atoms with van der Waals surface area (Å²) in [5.74, 6) is 0. The molecule has 0 atom stereocenters. The number of nitrogen functional groups attached to an aromatic ring is 1. The van der Waals surface area contributed by atoms with Crippen molar-refractivity contribution in [2.24, 2.45) is 0 Å². The normalized spacial score (nSPS) is 11.4. The minimum atomic E-state index is -3.77. The first-order chi connectivity index (χ1) is 8.40. The standard InChI is InChI=1S/C9H9ClN4O2S2/c1-5-7(11)2-6(10)3-8(5)18(15,16)14-9-13-12-4-17-9/h2-4H,11H2,1H3,(H,13,14). The summed E-state index contributed by atoms with van der Waals surface area (Å²) in [4.78, 5) is 0.0303. The second kappa shape index (κ2) is 4.71. The van der Waals surface area contributed by atoms with E-state index >= 15 is 0 Å². The summed E-state index contributed by atoms with van der Waals surface area (Å²) in [6.07, 6.45) is 0. The molecule has 0 saturated carbocycles. The van der Waals surface area contributed by atoms with E-state index in [0.717, 1.165) is 11.3 Å². The number of nitrogens with zero attached hydrogens (tertiary/aromatic N) is 2. The predicted molar refractivity (Wildman–Crippen MR) is 71.3 cm³/mol. The van der Waals surface area contributed by atoms with Crippen molar-refractivity contribution in [1.82, 2.24) is 10.2 Å². The van der Waals surface area contributed by atoms with Crippen LogP contribution in [0.5, 0.6) is 0 Å². The number of halogens is 1. The third-order valence-electron chi connectivity index (χ3n) is 2.24. The van der Waals surface area contributed by atoms with Crippen LogP contribution in [0.15, 0.2) is 22.5 Å². The average Bonchev–Trinajstić information content (AvgIpc) is 2.75. The third kappa shape index (κ3) is 2.55. The Kier molecular flexibility index (Phi) is 3.42. The maximum atomic E-state index is 12.1. The molecule has 0 aliphatic heterocycles. The van der Waals surface area contributed by atoms with Gasteiger partial charge in [0.05, 0.1) is 4.90 Å². The summed E-state index contributed by atoms with van der Waals surface area (Å²) in [6.45, 7) is 1.61. The summed E-state index contributed by atoms with van der Waals surface area (Å²) in [5.41, 5.74) is 7.88. The van der Waals surface area contributed by atoms with E-state index in [9.17, 15) is 8.42 Å². The van der Waals surface area contributed by atoms with Crippen LogP contribution in [0.25, 0.3) is 0 Å². The van der Waals surface area contributed by atoms with E-state index in [1.807, 2.05) is 0 Å². The summed E-state index contributed by atoms with van der Waals surface area (Å²) >= 11 is 6.89. The molecule has 18 heavy (non-hydrogen) atoms. The van der Waals surface area contributed by atoms with Crippen molar-refractivity contribution in [3.8, 4) is 0 Å². The molecule has 1 aromatic carbocycles. The molecule has 0 fully saturated rings. The van der Waals surface area contributed by atoms with Gasteiger partial charge < -0.3 is 5.73 Å². The van der Waals surface area contributed by atoms with Gasteiger partial charge in [-0.05, 0) is 24.6 Å². The number of rotatable bonds is 3. The van der Waals surface area contributed by atoms with E-state index in [0.29, 0.717) is 11.3 Å². The molecule has 0 radical (unpaired) electrons. The molecule has 9 heteroatoms. The number of sulfonamides is 1. The first kappa shape index (κ1) is 13.1. The molecular weight excluding hydrogens is 296 g/mol. The fourth-order valence-corrected chi connectivity index (χ4v) is 3.63. The lowest BCUT2D eigenvalue weighted by Gasteiger charge is -2.10. The molecule has 96 valence electrons. The molecule has 1 heterocycles. The Labute approximate surface area is 113 Å². The highest BCUT2D eigenvalue weighted by molar-refractivity contribution is 7.93. The number of nitrogens with one attached hydrogen (secondary N) is 1. The number of hydrogen-bond donors (Lipinski definition) is 2. The molecule has 0 spiro atoms. The van der Waals surface area contributed by atoms with Gasteiger partial charge in [0.1, 0.15) is 5.51 Å². The molecule has 0 bridgehead atoms. The lowest BCUT2D eigenvalue weighted by Crippen LogP contribution is -2.15. The Hall–Kier alpha value is -1.38. The number of aromatic nitrogens is 2. The molecule has 1 aromatic heterocycles. The van der Waals surface area contributed by atoms with Crippen LogP contribution in [0, 0.1) is 6.92 Å². The van der Waals surface area contributed by atoms with Crippen LogP contribution in [0.1, 0.15) is 5.56 Å². The molecule has 0 amide bonds. The van der Waals surface area contributed by atoms with Crippen LogP contribution >= 0.6 is 22.9 Å². The summed E-state index contributed by atoms with van der Waals surface area (Å²) < 4.78 is 26.6. The van der Waals surface area contributed by atoms with Crippen LogP contribution in [-0.2, 0) is 10.0 Å². The van der Waals surface area contributed by atoms with E-state index in [4.69, 9.17) is 17.3 Å². The van der Waals surface area contributed by atoms with Crippen molar-refractivity contribution in [3.05, 3.63) is 28.2 Å². The Morgan fingerprint density at radius 3 is 2.78 bits per heavy atom. The monoisotopic (exact) mass is 304 g/mol. The van der Waals surface area contributed by atoms with Crippen molar-refractivity contribution < 1.29 is 8.42 Å². The molecular formula is C9H9ClN4O2S2. The van der Waals surface area contributed by atoms with Gasteiger partial charge in [-0.25, -0.2) is 8.42 Å². The Morgan fingerprint density at radius 2 is 2.17 bits per heavy atom. The zero-order valence-electron chi connectivity index (χ0n) is 9.21. The highest BCUT2D eigenvalue weighted by Crippen LogP contribution is 2.27. The zero-order valence-corrected chi connectivity index (χ0v) is 11.6. The SMILES string of the molecule is Cc1c(N)cc(Cl)cc1S(=O)(=O)Nc1nncs1. The molecule has 2 aromatic rings. The van der Waals surface area contributed by atoms with Crippen molar-refractivity contribution in [2.45, 2.75) is 11.8 Å². The molecule has 2 rings (SSSR count). The molecule has 3 N–H and O–H groups in total. The quantitative estimate of drug-likeness (QED) is 0.844. The first-order valence-corrected chi connectivity index (χ1v) is 7.49. The van der Waals surface area contributed by atoms with Crippen LogP contribution < -0.4 is 10.5 Å². The first-order valence-electron chi connectivity index (χ1n) is 4.75. The average molecular weight is 305 g/mol. The van der Waals surface area contributed by atoms with Crippen LogP contribution in [0.2, 0.25) is 5.02 Å². The van der Waals surface area contributed by atoms with Gasteiger partial charge in [0, 0.05) is 10.7 Å². The van der Waals surface area contributed by atoms with Crippen molar-refractivity contribution in [3.63, 3.8) is 0 Å². The number of benzene rings is 1. The van der Waals surface area contributed by atoms with Crippen LogP contribution in [0.4, 0.5) is 10.8 Å². The van der Waals surface area contributed by atoms with Gasteiger partial charge in [-0.2, -0.15) is 0 Å². The van der Waals surface area contributed by atoms with Gasteiger partial charge in [0.25, 0.3) is 10.0 Å². The highest BCUT2D eigenvalue weighted by atomic mass is 35.5.